The number of imidazole rings is 1. The molecule has 2 saturated heterocycles. The molecule has 1 aromatic carbocycles. The second-order valence-corrected chi connectivity index (χ2v) is 8.30. The molecule has 160 valence electrons. The van der Waals surface area contributed by atoms with E-state index in [0.29, 0.717) is 29.9 Å². The molecule has 9 nitrogen and oxygen atoms in total. The van der Waals surface area contributed by atoms with E-state index in [-0.39, 0.29) is 23.5 Å². The largest absolute Gasteiger partial charge is 0.374 e. The average molecular weight is 442 g/mol. The van der Waals surface area contributed by atoms with E-state index in [2.05, 4.69) is 21.0 Å². The van der Waals surface area contributed by atoms with Crippen LogP contribution in [0.4, 0.5) is 0 Å². The summed E-state index contributed by atoms with van der Waals surface area (Å²) in [6, 6.07) is 9.39. The predicted molar refractivity (Wildman–Crippen MR) is 109 cm³/mol. The third-order valence-electron chi connectivity index (χ3n) is 5.35. The molecule has 0 bridgehead atoms. The lowest BCUT2D eigenvalue weighted by Crippen LogP contribution is -2.32. The van der Waals surface area contributed by atoms with Gasteiger partial charge in [-0.05, 0) is 31.5 Å². The van der Waals surface area contributed by atoms with E-state index in [0.717, 1.165) is 5.56 Å². The number of benzene rings is 1. The fraction of sp³-hybridized carbons (Fsp3) is 0.429. The summed E-state index contributed by atoms with van der Waals surface area (Å²) in [4.78, 5) is 12.6. The van der Waals surface area contributed by atoms with Gasteiger partial charge >= 0.3 is 0 Å². The van der Waals surface area contributed by atoms with Gasteiger partial charge in [-0.2, -0.15) is 5.26 Å². The van der Waals surface area contributed by atoms with Crippen molar-refractivity contribution < 1.29 is 18.9 Å². The lowest BCUT2D eigenvalue weighted by Gasteiger charge is -2.24. The molecule has 10 heteroatoms. The van der Waals surface area contributed by atoms with Crippen molar-refractivity contribution in [2.24, 2.45) is 0 Å². The number of halogens is 1. The van der Waals surface area contributed by atoms with Crippen LogP contribution in [0.5, 0.6) is 0 Å². The van der Waals surface area contributed by atoms with E-state index in [1.807, 2.05) is 26.0 Å². The van der Waals surface area contributed by atoms with Crippen LogP contribution >= 0.6 is 11.6 Å². The van der Waals surface area contributed by atoms with Gasteiger partial charge in [0.05, 0.1) is 31.2 Å². The van der Waals surface area contributed by atoms with Crippen molar-refractivity contribution in [1.82, 2.24) is 19.5 Å². The molecule has 2 aromatic heterocycles. The number of nitrogens with zero attached hydrogens (tertiary/aromatic N) is 5. The van der Waals surface area contributed by atoms with Crippen molar-refractivity contribution >= 4 is 22.8 Å². The predicted octanol–water partition coefficient (Wildman–Crippen LogP) is 2.99. The van der Waals surface area contributed by atoms with Crippen LogP contribution in [-0.2, 0) is 25.6 Å². The van der Waals surface area contributed by atoms with Gasteiger partial charge in [-0.3, -0.25) is 4.57 Å². The minimum Gasteiger partial charge on any atom is -0.374 e. The fourth-order valence-corrected chi connectivity index (χ4v) is 4.17. The molecule has 0 radical (unpaired) electrons. The number of aromatic nitrogens is 4. The molecule has 0 aliphatic carbocycles. The van der Waals surface area contributed by atoms with E-state index in [4.69, 9.17) is 35.8 Å². The molecule has 0 N–H and O–H groups in total. The zero-order chi connectivity index (χ0) is 21.6. The number of hydrogen-bond acceptors (Lipinski definition) is 8. The monoisotopic (exact) mass is 441 g/mol. The standard InChI is InChI=1S/C21H20ClN5O4/c1-21(2)30-16-14(9-28-8-13-5-3-12(7-23)4-6-13)29-20(17(16)31-21)27-11-26-15-18(22)24-10-25-19(15)27/h3-6,10-11,14,16-17,20H,8-9H2,1-2H3/t14-,16-,17-,20-/m1/s1. The van der Waals surface area contributed by atoms with Crippen LogP contribution in [0, 0.1) is 11.3 Å². The quantitative estimate of drug-likeness (QED) is 0.556. The first-order valence-electron chi connectivity index (χ1n) is 9.86. The van der Waals surface area contributed by atoms with Crippen LogP contribution in [0.15, 0.2) is 36.9 Å². The molecule has 0 unspecified atom stereocenters. The van der Waals surface area contributed by atoms with Gasteiger partial charge in [0.15, 0.2) is 22.8 Å². The molecule has 0 spiro atoms. The highest BCUT2D eigenvalue weighted by molar-refractivity contribution is 6.33. The molecule has 4 atom stereocenters. The summed E-state index contributed by atoms with van der Waals surface area (Å²) in [7, 11) is 0. The van der Waals surface area contributed by atoms with Crippen LogP contribution in [0.25, 0.3) is 11.2 Å². The first-order valence-corrected chi connectivity index (χ1v) is 10.2. The van der Waals surface area contributed by atoms with Crippen molar-refractivity contribution in [2.45, 2.75) is 50.8 Å². The van der Waals surface area contributed by atoms with Crippen molar-refractivity contribution in [3.8, 4) is 6.07 Å². The Bertz CT molecular complexity index is 1140. The van der Waals surface area contributed by atoms with Crippen LogP contribution < -0.4 is 0 Å². The normalized spacial score (nSPS) is 26.8. The highest BCUT2D eigenvalue weighted by Crippen LogP contribution is 2.44. The molecule has 2 aliphatic rings. The van der Waals surface area contributed by atoms with Gasteiger partial charge in [-0.15, -0.1) is 0 Å². The molecule has 0 saturated carbocycles. The Morgan fingerprint density at radius 2 is 1.94 bits per heavy atom. The SMILES string of the molecule is CC1(C)O[C@@H]2[C@H](O1)[C@@H](COCc1ccc(C#N)cc1)O[C@H]2n1cnc2c(Cl)ncnc21. The van der Waals surface area contributed by atoms with Crippen molar-refractivity contribution in [3.63, 3.8) is 0 Å². The van der Waals surface area contributed by atoms with Crippen molar-refractivity contribution in [1.29, 1.82) is 5.26 Å². The van der Waals surface area contributed by atoms with Gasteiger partial charge in [0.2, 0.25) is 0 Å². The number of ether oxygens (including phenoxy) is 4. The number of hydrogen-bond donors (Lipinski definition) is 0. The van der Waals surface area contributed by atoms with Gasteiger partial charge in [0.1, 0.15) is 30.2 Å². The van der Waals surface area contributed by atoms with Gasteiger partial charge < -0.3 is 18.9 Å². The van der Waals surface area contributed by atoms with Crippen LogP contribution in [-0.4, -0.2) is 50.2 Å². The van der Waals surface area contributed by atoms with Gasteiger partial charge in [-0.1, -0.05) is 23.7 Å². The fourth-order valence-electron chi connectivity index (χ4n) is 4.00. The highest BCUT2D eigenvalue weighted by Gasteiger charge is 2.56. The van der Waals surface area contributed by atoms with Gasteiger partial charge in [0.25, 0.3) is 0 Å². The molecular weight excluding hydrogens is 422 g/mol. The number of rotatable bonds is 5. The number of nitriles is 1. The third kappa shape index (κ3) is 3.78. The molecule has 31 heavy (non-hydrogen) atoms. The van der Waals surface area contributed by atoms with Crippen molar-refractivity contribution in [3.05, 3.63) is 53.2 Å². The second kappa shape index (κ2) is 7.82. The van der Waals surface area contributed by atoms with Gasteiger partial charge in [0, 0.05) is 0 Å². The minimum absolute atomic E-state index is 0.282. The molecule has 5 rings (SSSR count). The van der Waals surface area contributed by atoms with E-state index >= 15 is 0 Å². The smallest absolute Gasteiger partial charge is 0.167 e. The topological polar surface area (TPSA) is 104 Å². The van der Waals surface area contributed by atoms with Gasteiger partial charge in [-0.25, -0.2) is 15.0 Å². The lowest BCUT2D eigenvalue weighted by molar-refractivity contribution is -0.202. The molecule has 2 fully saturated rings. The maximum Gasteiger partial charge on any atom is 0.167 e. The van der Waals surface area contributed by atoms with E-state index < -0.39 is 12.0 Å². The van der Waals surface area contributed by atoms with Crippen molar-refractivity contribution in [2.75, 3.05) is 6.61 Å². The number of fused-ring (bicyclic) bond motifs is 2. The van der Waals surface area contributed by atoms with Crippen LogP contribution in [0.3, 0.4) is 0 Å². The second-order valence-electron chi connectivity index (χ2n) is 7.94. The Labute approximate surface area is 183 Å². The minimum atomic E-state index is -0.744. The summed E-state index contributed by atoms with van der Waals surface area (Å²) < 4.78 is 26.3. The van der Waals surface area contributed by atoms with Crippen LogP contribution in [0.2, 0.25) is 5.15 Å². The Balaban J connectivity index is 1.34. The van der Waals surface area contributed by atoms with E-state index in [1.54, 1.807) is 23.0 Å². The Hall–Kier alpha value is -2.61. The zero-order valence-electron chi connectivity index (χ0n) is 16.9. The summed E-state index contributed by atoms with van der Waals surface area (Å²) in [5.41, 5.74) is 2.66. The van der Waals surface area contributed by atoms with E-state index in [1.165, 1.54) is 6.33 Å². The third-order valence-corrected chi connectivity index (χ3v) is 5.62. The van der Waals surface area contributed by atoms with E-state index in [9.17, 15) is 0 Å². The average Bonchev–Trinajstić information content (AvgIpc) is 3.41. The maximum absolute atomic E-state index is 8.92. The Morgan fingerprint density at radius 3 is 2.71 bits per heavy atom. The lowest BCUT2D eigenvalue weighted by atomic mass is 10.1. The Morgan fingerprint density at radius 1 is 1.16 bits per heavy atom. The highest BCUT2D eigenvalue weighted by atomic mass is 35.5. The molecule has 2 aliphatic heterocycles. The maximum atomic E-state index is 8.92. The summed E-state index contributed by atoms with van der Waals surface area (Å²) >= 11 is 6.15. The zero-order valence-corrected chi connectivity index (χ0v) is 17.7. The Kier molecular flexibility index (Phi) is 5.12. The molecule has 3 aromatic rings. The molecule has 4 heterocycles. The summed E-state index contributed by atoms with van der Waals surface area (Å²) in [6.07, 6.45) is 1.52. The summed E-state index contributed by atoms with van der Waals surface area (Å²) in [6.45, 7) is 4.47. The summed E-state index contributed by atoms with van der Waals surface area (Å²) in [5, 5.41) is 9.20. The molecular formula is C21H20ClN5O4. The first kappa shape index (κ1) is 20.3. The summed E-state index contributed by atoms with van der Waals surface area (Å²) in [5.74, 6) is -0.744. The molecule has 0 amide bonds. The van der Waals surface area contributed by atoms with Crippen LogP contribution in [0.1, 0.15) is 31.2 Å². The first-order chi connectivity index (χ1) is 14.9.